The van der Waals surface area contributed by atoms with E-state index in [0.29, 0.717) is 6.42 Å². The summed E-state index contributed by atoms with van der Waals surface area (Å²) in [5, 5.41) is 10.7. The van der Waals surface area contributed by atoms with Gasteiger partial charge in [0.25, 0.3) is 0 Å². The molecule has 0 bridgehead atoms. The minimum absolute atomic E-state index is 0.154. The fourth-order valence-electron chi connectivity index (χ4n) is 3.68. The Morgan fingerprint density at radius 2 is 1.81 bits per heavy atom. The van der Waals surface area contributed by atoms with Crippen molar-refractivity contribution in [3.8, 4) is 0 Å². The maximum atomic E-state index is 10.7. The Bertz CT molecular complexity index is 410. The Morgan fingerprint density at radius 1 is 1.10 bits per heavy atom. The number of aliphatic hydroxyl groups is 1. The maximum absolute atomic E-state index is 10.7. The molecule has 1 aliphatic carbocycles. The number of fused-ring (bicyclic) bond motifs is 2. The van der Waals surface area contributed by atoms with Crippen molar-refractivity contribution in [1.29, 1.82) is 0 Å². The van der Waals surface area contributed by atoms with Crippen LogP contribution in [-0.4, -0.2) is 60.4 Å². The van der Waals surface area contributed by atoms with Gasteiger partial charge >= 0.3 is 0 Å². The van der Waals surface area contributed by atoms with Crippen molar-refractivity contribution in [2.45, 2.75) is 75.7 Å². The minimum atomic E-state index is -0.854. The van der Waals surface area contributed by atoms with Gasteiger partial charge in [-0.15, -0.1) is 0 Å². The van der Waals surface area contributed by atoms with Crippen molar-refractivity contribution in [1.82, 2.24) is 0 Å². The third-order valence-corrected chi connectivity index (χ3v) is 4.21. The van der Waals surface area contributed by atoms with E-state index in [-0.39, 0.29) is 12.7 Å². The minimum Gasteiger partial charge on any atom is -0.387 e. The lowest BCUT2D eigenvalue weighted by Crippen LogP contribution is -2.62. The van der Waals surface area contributed by atoms with E-state index in [1.807, 2.05) is 27.7 Å². The van der Waals surface area contributed by atoms with Gasteiger partial charge in [-0.05, 0) is 27.7 Å². The molecule has 7 nitrogen and oxygen atoms in total. The predicted octanol–water partition coefficient (Wildman–Crippen LogP) is 0.739. The van der Waals surface area contributed by atoms with E-state index in [1.54, 1.807) is 0 Å². The highest BCUT2D eigenvalue weighted by Crippen LogP contribution is 2.49. The monoisotopic (exact) mass is 304 g/mol. The van der Waals surface area contributed by atoms with Gasteiger partial charge in [-0.2, -0.15) is 0 Å². The number of ether oxygens (including phenoxy) is 4. The molecule has 1 N–H and O–H groups in total. The van der Waals surface area contributed by atoms with Crippen LogP contribution in [0.5, 0.6) is 0 Å². The smallest absolute Gasteiger partial charge is 0.164 e. The van der Waals surface area contributed by atoms with Crippen LogP contribution in [-0.2, 0) is 28.7 Å². The van der Waals surface area contributed by atoms with Crippen LogP contribution in [0.1, 0.15) is 34.1 Å². The molecule has 122 valence electrons. The molecule has 0 spiro atoms. The lowest BCUT2D eigenvalue weighted by molar-refractivity contribution is -0.311. The number of rotatable bonds is 3. The second-order valence-corrected chi connectivity index (χ2v) is 6.87. The van der Waals surface area contributed by atoms with Gasteiger partial charge in [0, 0.05) is 6.42 Å². The summed E-state index contributed by atoms with van der Waals surface area (Å²) < 4.78 is 23.7. The van der Waals surface area contributed by atoms with Crippen LogP contribution in [0.25, 0.3) is 0 Å². The molecule has 0 radical (unpaired) electrons. The van der Waals surface area contributed by atoms with Gasteiger partial charge in [0.2, 0.25) is 0 Å². The van der Waals surface area contributed by atoms with Gasteiger partial charge in [0.05, 0.1) is 13.2 Å². The molecule has 3 fully saturated rings. The second kappa shape index (κ2) is 4.86. The van der Waals surface area contributed by atoms with Gasteiger partial charge in [0.1, 0.15) is 30.5 Å². The summed E-state index contributed by atoms with van der Waals surface area (Å²) in [6.45, 7) is 7.44. The average molecular weight is 304 g/mol. The Labute approximate surface area is 124 Å². The molecule has 0 aromatic heterocycles. The van der Waals surface area contributed by atoms with E-state index in [2.05, 4.69) is 0 Å². The number of hydrogen-bond donors (Lipinski definition) is 1. The van der Waals surface area contributed by atoms with Crippen molar-refractivity contribution in [2.24, 2.45) is 0 Å². The largest absolute Gasteiger partial charge is 0.387 e. The highest BCUT2D eigenvalue weighted by atomic mass is 17.2. The quantitative estimate of drug-likeness (QED) is 0.609. The molecule has 7 heteroatoms. The summed E-state index contributed by atoms with van der Waals surface area (Å²) in [5.74, 6) is -1.54. The summed E-state index contributed by atoms with van der Waals surface area (Å²) in [7, 11) is 1.44. The molecule has 5 unspecified atom stereocenters. The molecular formula is C14H24O7. The van der Waals surface area contributed by atoms with E-state index < -0.39 is 35.5 Å². The zero-order valence-electron chi connectivity index (χ0n) is 13.1. The summed E-state index contributed by atoms with van der Waals surface area (Å²) in [4.78, 5) is 9.82. The van der Waals surface area contributed by atoms with Gasteiger partial charge < -0.3 is 24.1 Å². The maximum Gasteiger partial charge on any atom is 0.164 e. The normalized spacial score (nSPS) is 47.1. The Kier molecular flexibility index (Phi) is 3.61. The van der Waals surface area contributed by atoms with Gasteiger partial charge in [0.15, 0.2) is 11.6 Å². The molecule has 0 aromatic rings. The molecule has 5 atom stereocenters. The van der Waals surface area contributed by atoms with Crippen LogP contribution in [0.3, 0.4) is 0 Å². The number of hydrogen-bond acceptors (Lipinski definition) is 7. The topological polar surface area (TPSA) is 75.6 Å². The van der Waals surface area contributed by atoms with E-state index in [0.717, 1.165) is 0 Å². The SMILES string of the molecule is COOCC12CC3OC(C)(C)OC3C(O)C1OC(C)(C)O2. The van der Waals surface area contributed by atoms with Gasteiger partial charge in [-0.1, -0.05) is 0 Å². The van der Waals surface area contributed by atoms with E-state index >= 15 is 0 Å². The van der Waals surface area contributed by atoms with E-state index in [9.17, 15) is 5.11 Å². The zero-order valence-corrected chi connectivity index (χ0v) is 13.1. The first-order valence-electron chi connectivity index (χ1n) is 7.25. The Hall–Kier alpha value is -0.280. The van der Waals surface area contributed by atoms with Crippen molar-refractivity contribution < 1.29 is 33.8 Å². The van der Waals surface area contributed by atoms with Gasteiger partial charge in [-0.3, -0.25) is 0 Å². The van der Waals surface area contributed by atoms with Crippen LogP contribution in [0.15, 0.2) is 0 Å². The van der Waals surface area contributed by atoms with Crippen LogP contribution in [0, 0.1) is 0 Å². The van der Waals surface area contributed by atoms with Crippen molar-refractivity contribution in [3.63, 3.8) is 0 Å². The highest BCUT2D eigenvalue weighted by molar-refractivity contribution is 5.10. The van der Waals surface area contributed by atoms with Crippen LogP contribution >= 0.6 is 0 Å². The first-order valence-corrected chi connectivity index (χ1v) is 7.25. The fourth-order valence-corrected chi connectivity index (χ4v) is 3.68. The molecule has 0 aromatic carbocycles. The first kappa shape index (κ1) is 15.6. The first-order chi connectivity index (χ1) is 9.68. The summed E-state index contributed by atoms with van der Waals surface area (Å²) in [6, 6.07) is 0. The molecule has 2 heterocycles. The van der Waals surface area contributed by atoms with E-state index in [1.165, 1.54) is 7.11 Å². The molecule has 1 saturated carbocycles. The molecule has 21 heavy (non-hydrogen) atoms. The van der Waals surface area contributed by atoms with Crippen molar-refractivity contribution in [3.05, 3.63) is 0 Å². The summed E-state index contributed by atoms with van der Waals surface area (Å²) in [5.41, 5.74) is -0.816. The molecule has 3 rings (SSSR count). The molecular weight excluding hydrogens is 280 g/mol. The van der Waals surface area contributed by atoms with Crippen molar-refractivity contribution >= 4 is 0 Å². The lowest BCUT2D eigenvalue weighted by Gasteiger charge is -2.42. The Balaban J connectivity index is 1.88. The van der Waals surface area contributed by atoms with Crippen LogP contribution in [0.4, 0.5) is 0 Å². The standard InChI is InChI=1S/C14H24O7/c1-12(2)18-8-6-14(7-17-16-5)11(9(15)10(8)19-12)20-13(3,4)21-14/h8-11,15H,6-7H2,1-5H3. The van der Waals surface area contributed by atoms with Crippen LogP contribution < -0.4 is 0 Å². The molecule has 0 amide bonds. The molecule has 3 aliphatic rings. The zero-order chi connectivity index (χ0) is 15.5. The lowest BCUT2D eigenvalue weighted by atomic mass is 9.78. The molecule has 2 aliphatic heterocycles. The van der Waals surface area contributed by atoms with Gasteiger partial charge in [-0.25, -0.2) is 9.78 Å². The third-order valence-electron chi connectivity index (χ3n) is 4.21. The fraction of sp³-hybridized carbons (Fsp3) is 1.00. The predicted molar refractivity (Wildman–Crippen MR) is 70.2 cm³/mol. The summed E-state index contributed by atoms with van der Waals surface area (Å²) in [6.07, 6.45) is -1.60. The number of aliphatic hydroxyl groups excluding tert-OH is 1. The Morgan fingerprint density at radius 3 is 2.48 bits per heavy atom. The summed E-state index contributed by atoms with van der Waals surface area (Å²) >= 11 is 0. The van der Waals surface area contributed by atoms with Crippen LogP contribution in [0.2, 0.25) is 0 Å². The highest BCUT2D eigenvalue weighted by Gasteiger charge is 2.65. The second-order valence-electron chi connectivity index (χ2n) is 6.87. The van der Waals surface area contributed by atoms with E-state index in [4.69, 9.17) is 28.7 Å². The average Bonchev–Trinajstić information content (AvgIpc) is 2.80. The molecule has 2 saturated heterocycles. The third kappa shape index (κ3) is 2.61. The van der Waals surface area contributed by atoms with Crippen molar-refractivity contribution in [2.75, 3.05) is 13.7 Å².